The molecule has 1 heterocycles. The molecule has 9 nitrogen and oxygen atoms in total. The van der Waals surface area contributed by atoms with E-state index < -0.39 is 16.6 Å². The second-order valence-corrected chi connectivity index (χ2v) is 5.86. The summed E-state index contributed by atoms with van der Waals surface area (Å²) in [5.41, 5.74) is 4.03. The molecule has 0 aliphatic heterocycles. The minimum absolute atomic E-state index is 0.0829. The summed E-state index contributed by atoms with van der Waals surface area (Å²) in [5, 5.41) is 14.5. The molecule has 1 aromatic carbocycles. The van der Waals surface area contributed by atoms with Crippen LogP contribution in [0.3, 0.4) is 0 Å². The van der Waals surface area contributed by atoms with E-state index in [1.165, 1.54) is 18.2 Å². The fourth-order valence-corrected chi connectivity index (χ4v) is 2.84. The third kappa shape index (κ3) is 3.85. The van der Waals surface area contributed by atoms with Gasteiger partial charge in [0.1, 0.15) is 12.1 Å². The number of nitro groups is 1. The molecular weight excluding hydrogens is 343 g/mol. The molecule has 3 N–H and O–H groups in total. The summed E-state index contributed by atoms with van der Waals surface area (Å²) < 4.78 is 13.6. The molecule has 0 saturated heterocycles. The van der Waals surface area contributed by atoms with Crippen molar-refractivity contribution < 1.29 is 14.1 Å². The van der Waals surface area contributed by atoms with Crippen molar-refractivity contribution in [2.45, 2.75) is 31.7 Å². The van der Waals surface area contributed by atoms with Gasteiger partial charge in [0, 0.05) is 6.04 Å². The second kappa shape index (κ2) is 7.72. The monoisotopic (exact) mass is 360 g/mol. The summed E-state index contributed by atoms with van der Waals surface area (Å²) in [6.45, 7) is 0. The zero-order valence-corrected chi connectivity index (χ0v) is 13.7. The van der Waals surface area contributed by atoms with Crippen LogP contribution in [0.2, 0.25) is 0 Å². The molecule has 1 fully saturated rings. The Bertz CT molecular complexity index is 825. The van der Waals surface area contributed by atoms with Gasteiger partial charge in [-0.3, -0.25) is 25.8 Å². The first-order valence-corrected chi connectivity index (χ1v) is 8.13. The summed E-state index contributed by atoms with van der Waals surface area (Å²) in [7, 11) is 0. The lowest BCUT2D eigenvalue weighted by atomic mass is 10.2. The van der Waals surface area contributed by atoms with E-state index in [2.05, 4.69) is 26.1 Å². The predicted octanol–water partition coefficient (Wildman–Crippen LogP) is 2.64. The highest BCUT2D eigenvalue weighted by Crippen LogP contribution is 2.31. The van der Waals surface area contributed by atoms with E-state index in [0.29, 0.717) is 0 Å². The lowest BCUT2D eigenvalue weighted by Gasteiger charge is -2.14. The maximum atomic E-state index is 13.6. The summed E-state index contributed by atoms with van der Waals surface area (Å²) >= 11 is 0. The summed E-state index contributed by atoms with van der Waals surface area (Å²) in [6.07, 6.45) is 5.09. The van der Waals surface area contributed by atoms with E-state index in [1.807, 2.05) is 0 Å². The number of hydrazine groups is 1. The van der Waals surface area contributed by atoms with Gasteiger partial charge >= 0.3 is 5.69 Å². The van der Waals surface area contributed by atoms with Crippen LogP contribution in [-0.4, -0.2) is 26.8 Å². The molecule has 0 atom stereocenters. The summed E-state index contributed by atoms with van der Waals surface area (Å²) in [5.74, 6) is -1.58. The SMILES string of the molecule is O=C(NNc1ncnc(NC2CCCC2)c1[N+](=O)[O-])c1ccccc1F. The van der Waals surface area contributed by atoms with Crippen molar-refractivity contribution in [3.05, 3.63) is 52.1 Å². The van der Waals surface area contributed by atoms with Gasteiger partial charge in [-0.15, -0.1) is 0 Å². The lowest BCUT2D eigenvalue weighted by Crippen LogP contribution is -2.31. The lowest BCUT2D eigenvalue weighted by molar-refractivity contribution is -0.383. The maximum absolute atomic E-state index is 13.6. The fourth-order valence-electron chi connectivity index (χ4n) is 2.84. The highest BCUT2D eigenvalue weighted by atomic mass is 19.1. The molecule has 26 heavy (non-hydrogen) atoms. The third-order valence-corrected chi connectivity index (χ3v) is 4.11. The number of carbonyl (C=O) groups excluding carboxylic acids is 1. The van der Waals surface area contributed by atoms with Gasteiger partial charge in [0.2, 0.25) is 11.6 Å². The molecular formula is C16H17FN6O3. The number of anilines is 2. The van der Waals surface area contributed by atoms with E-state index >= 15 is 0 Å². The Kier molecular flexibility index (Phi) is 5.20. The van der Waals surface area contributed by atoms with Gasteiger partial charge in [0.05, 0.1) is 10.5 Å². The minimum atomic E-state index is -0.777. The number of aromatic nitrogens is 2. The van der Waals surface area contributed by atoms with E-state index in [4.69, 9.17) is 0 Å². The van der Waals surface area contributed by atoms with Crippen molar-refractivity contribution in [1.29, 1.82) is 0 Å². The number of nitrogens with one attached hydrogen (secondary N) is 3. The molecule has 3 rings (SSSR count). The quantitative estimate of drug-likeness (QED) is 0.534. The summed E-state index contributed by atoms with van der Waals surface area (Å²) in [4.78, 5) is 30.6. The zero-order chi connectivity index (χ0) is 18.5. The topological polar surface area (TPSA) is 122 Å². The molecule has 1 aliphatic rings. The molecule has 136 valence electrons. The number of rotatable bonds is 6. The molecule has 10 heteroatoms. The third-order valence-electron chi connectivity index (χ3n) is 4.11. The van der Waals surface area contributed by atoms with Gasteiger partial charge < -0.3 is 5.32 Å². The highest BCUT2D eigenvalue weighted by molar-refractivity contribution is 5.95. The Morgan fingerprint density at radius 1 is 1.19 bits per heavy atom. The average molecular weight is 360 g/mol. The number of carbonyl (C=O) groups is 1. The number of halogens is 1. The van der Waals surface area contributed by atoms with E-state index in [1.54, 1.807) is 0 Å². The predicted molar refractivity (Wildman–Crippen MR) is 92.1 cm³/mol. The van der Waals surface area contributed by atoms with Crippen LogP contribution in [0.1, 0.15) is 36.0 Å². The van der Waals surface area contributed by atoms with Crippen LogP contribution in [0, 0.1) is 15.9 Å². The van der Waals surface area contributed by atoms with Crippen molar-refractivity contribution in [2.75, 3.05) is 10.7 Å². The van der Waals surface area contributed by atoms with E-state index in [9.17, 15) is 19.3 Å². The van der Waals surface area contributed by atoms with Crippen molar-refractivity contribution in [2.24, 2.45) is 0 Å². The van der Waals surface area contributed by atoms with E-state index in [0.717, 1.165) is 38.1 Å². The van der Waals surface area contributed by atoms with Crippen molar-refractivity contribution in [1.82, 2.24) is 15.4 Å². The van der Waals surface area contributed by atoms with Gasteiger partial charge in [-0.05, 0) is 25.0 Å². The second-order valence-electron chi connectivity index (χ2n) is 5.86. The highest BCUT2D eigenvalue weighted by Gasteiger charge is 2.26. The van der Waals surface area contributed by atoms with Crippen LogP contribution in [-0.2, 0) is 0 Å². The normalized spacial score (nSPS) is 14.0. The standard InChI is InChI=1S/C16H17FN6O3/c17-12-8-4-3-7-11(12)16(24)22-21-15-13(23(25)26)14(18-9-19-15)20-10-5-1-2-6-10/h3-4,7-10H,1-2,5-6H2,(H,22,24)(H2,18,19,20,21). The number of nitrogens with zero attached hydrogens (tertiary/aromatic N) is 3. The average Bonchev–Trinajstić information content (AvgIpc) is 3.13. The van der Waals surface area contributed by atoms with Crippen LogP contribution in [0.4, 0.5) is 21.7 Å². The van der Waals surface area contributed by atoms with Gasteiger partial charge in [-0.25, -0.2) is 14.4 Å². The van der Waals surface area contributed by atoms with Gasteiger partial charge in [0.15, 0.2) is 0 Å². The Hall–Kier alpha value is -3.30. The van der Waals surface area contributed by atoms with Crippen molar-refractivity contribution in [3.8, 4) is 0 Å². The van der Waals surface area contributed by atoms with Crippen LogP contribution in [0.25, 0.3) is 0 Å². The molecule has 0 radical (unpaired) electrons. The minimum Gasteiger partial charge on any atom is -0.361 e. The Balaban J connectivity index is 1.77. The molecule has 1 aromatic heterocycles. The van der Waals surface area contributed by atoms with Gasteiger partial charge in [0.25, 0.3) is 5.91 Å². The number of benzene rings is 1. The molecule has 2 aromatic rings. The van der Waals surface area contributed by atoms with Crippen molar-refractivity contribution >= 4 is 23.2 Å². The molecule has 1 saturated carbocycles. The zero-order valence-electron chi connectivity index (χ0n) is 13.7. The largest absolute Gasteiger partial charge is 0.361 e. The Morgan fingerprint density at radius 3 is 2.58 bits per heavy atom. The van der Waals surface area contributed by atoms with Crippen LogP contribution in [0.15, 0.2) is 30.6 Å². The fraction of sp³-hybridized carbons (Fsp3) is 0.312. The summed E-state index contributed by atoms with van der Waals surface area (Å²) in [6, 6.07) is 5.52. The number of amides is 1. The maximum Gasteiger partial charge on any atom is 0.354 e. The Labute approximate surface area is 148 Å². The molecule has 0 spiro atoms. The van der Waals surface area contributed by atoms with E-state index in [-0.39, 0.29) is 28.9 Å². The van der Waals surface area contributed by atoms with Crippen LogP contribution >= 0.6 is 0 Å². The molecule has 1 aliphatic carbocycles. The first kappa shape index (κ1) is 17.5. The molecule has 0 unspecified atom stereocenters. The first-order chi connectivity index (χ1) is 12.6. The number of hydrogen-bond acceptors (Lipinski definition) is 7. The van der Waals surface area contributed by atoms with Gasteiger partial charge in [-0.1, -0.05) is 25.0 Å². The van der Waals surface area contributed by atoms with Gasteiger partial charge in [-0.2, -0.15) is 0 Å². The molecule has 0 bridgehead atoms. The van der Waals surface area contributed by atoms with Crippen molar-refractivity contribution in [3.63, 3.8) is 0 Å². The smallest absolute Gasteiger partial charge is 0.354 e. The number of hydrogen-bond donors (Lipinski definition) is 3. The molecule has 1 amide bonds. The Morgan fingerprint density at radius 2 is 1.88 bits per heavy atom. The first-order valence-electron chi connectivity index (χ1n) is 8.13. The van der Waals surface area contributed by atoms with Crippen LogP contribution in [0.5, 0.6) is 0 Å². The van der Waals surface area contributed by atoms with Crippen LogP contribution < -0.4 is 16.2 Å².